The Morgan fingerprint density at radius 3 is 2.57 bits per heavy atom. The Balaban J connectivity index is 2.16. The molecule has 2 aromatic rings. The first-order valence-electron chi connectivity index (χ1n) is 6.55. The van der Waals surface area contributed by atoms with Gasteiger partial charge in [-0.15, -0.1) is 5.10 Å². The topological polar surface area (TPSA) is 90.9 Å². The van der Waals surface area contributed by atoms with Gasteiger partial charge in [0.1, 0.15) is 5.82 Å². The molecule has 2 rings (SSSR count). The smallest absolute Gasteiger partial charge is 0.209 e. The molecule has 0 aliphatic rings. The fourth-order valence-corrected chi connectivity index (χ4v) is 2.58. The van der Waals surface area contributed by atoms with Gasteiger partial charge in [-0.25, -0.2) is 22.6 Å². The van der Waals surface area contributed by atoms with Crippen LogP contribution in [0.4, 0.5) is 4.39 Å². The van der Waals surface area contributed by atoms with E-state index in [0.29, 0.717) is 5.69 Å². The van der Waals surface area contributed by atoms with E-state index >= 15 is 0 Å². The summed E-state index contributed by atoms with van der Waals surface area (Å²) in [6.07, 6.45) is 2.67. The highest BCUT2D eigenvalue weighted by molar-refractivity contribution is 7.89. The van der Waals surface area contributed by atoms with E-state index in [1.54, 1.807) is 23.0 Å². The van der Waals surface area contributed by atoms with Crippen LogP contribution in [0.2, 0.25) is 0 Å². The van der Waals surface area contributed by atoms with Crippen LogP contribution in [0.1, 0.15) is 30.6 Å². The summed E-state index contributed by atoms with van der Waals surface area (Å²) in [6, 6.07) is 6.14. The Kier molecular flexibility index (Phi) is 4.69. The molecular weight excluding hydrogens is 295 g/mol. The number of halogens is 1. The molecule has 0 radical (unpaired) electrons. The Morgan fingerprint density at radius 2 is 2.00 bits per heavy atom. The molecule has 1 heterocycles. The molecule has 0 fully saturated rings. The van der Waals surface area contributed by atoms with Crippen LogP contribution in [0.3, 0.4) is 0 Å². The van der Waals surface area contributed by atoms with E-state index in [1.165, 1.54) is 12.1 Å². The largest absolute Gasteiger partial charge is 0.245 e. The standard InChI is InChI=1S/C13H17FN4O2S/c1-2-13(10-3-5-11(14)6-4-10)18-9-12(16-17-18)7-8-21(15,19)20/h3-6,9,13H,2,7-8H2,1H3,(H2,15,19,20). The fourth-order valence-electron chi connectivity index (χ4n) is 2.09. The molecule has 8 heteroatoms. The van der Waals surface area contributed by atoms with Gasteiger partial charge in [0.15, 0.2) is 0 Å². The predicted molar refractivity (Wildman–Crippen MR) is 76.5 cm³/mol. The molecule has 6 nitrogen and oxygen atoms in total. The van der Waals surface area contributed by atoms with Crippen molar-refractivity contribution in [1.29, 1.82) is 0 Å². The minimum Gasteiger partial charge on any atom is -0.245 e. The molecule has 0 aliphatic heterocycles. The predicted octanol–water partition coefficient (Wildman–Crippen LogP) is 1.25. The maximum atomic E-state index is 13.0. The number of nitrogens with two attached hydrogens (primary N) is 1. The van der Waals surface area contributed by atoms with Gasteiger partial charge in [0, 0.05) is 12.6 Å². The normalized spacial score (nSPS) is 13.3. The average molecular weight is 312 g/mol. The molecule has 1 aromatic carbocycles. The third-order valence-corrected chi connectivity index (χ3v) is 3.93. The van der Waals surface area contributed by atoms with Crippen LogP contribution in [0.5, 0.6) is 0 Å². The Hall–Kier alpha value is -1.80. The van der Waals surface area contributed by atoms with Crippen molar-refractivity contribution in [1.82, 2.24) is 15.0 Å². The summed E-state index contributed by atoms with van der Waals surface area (Å²) in [5.41, 5.74) is 1.48. The highest BCUT2D eigenvalue weighted by atomic mass is 32.2. The van der Waals surface area contributed by atoms with Crippen molar-refractivity contribution in [2.75, 3.05) is 5.75 Å². The summed E-state index contributed by atoms with van der Waals surface area (Å²) >= 11 is 0. The van der Waals surface area contributed by atoms with Gasteiger partial charge in [0.25, 0.3) is 0 Å². The van der Waals surface area contributed by atoms with Gasteiger partial charge in [-0.1, -0.05) is 24.3 Å². The zero-order valence-electron chi connectivity index (χ0n) is 11.6. The van der Waals surface area contributed by atoms with Gasteiger partial charge >= 0.3 is 0 Å². The van der Waals surface area contributed by atoms with Crippen LogP contribution in [0.15, 0.2) is 30.5 Å². The second kappa shape index (κ2) is 6.31. The van der Waals surface area contributed by atoms with Crippen molar-refractivity contribution in [3.8, 4) is 0 Å². The number of sulfonamides is 1. The summed E-state index contributed by atoms with van der Waals surface area (Å²) in [7, 11) is -3.51. The lowest BCUT2D eigenvalue weighted by Gasteiger charge is -2.15. The molecule has 0 saturated carbocycles. The number of nitrogens with zero attached hydrogens (tertiary/aromatic N) is 3. The van der Waals surface area contributed by atoms with E-state index in [-0.39, 0.29) is 24.0 Å². The first-order valence-corrected chi connectivity index (χ1v) is 8.27. The minimum absolute atomic E-state index is 0.0682. The first-order chi connectivity index (χ1) is 9.89. The molecule has 21 heavy (non-hydrogen) atoms. The molecule has 0 bridgehead atoms. The number of hydrogen-bond donors (Lipinski definition) is 1. The molecule has 1 aromatic heterocycles. The molecule has 0 saturated heterocycles. The third-order valence-electron chi connectivity index (χ3n) is 3.16. The quantitative estimate of drug-likeness (QED) is 0.869. The van der Waals surface area contributed by atoms with E-state index in [4.69, 9.17) is 5.14 Å². The Labute approximate surface area is 122 Å². The maximum Gasteiger partial charge on any atom is 0.209 e. The van der Waals surface area contributed by atoms with Gasteiger partial charge < -0.3 is 0 Å². The van der Waals surface area contributed by atoms with Crippen molar-refractivity contribution in [3.63, 3.8) is 0 Å². The summed E-state index contributed by atoms with van der Waals surface area (Å²) < 4.78 is 36.5. The number of benzene rings is 1. The highest BCUT2D eigenvalue weighted by Crippen LogP contribution is 2.21. The summed E-state index contributed by atoms with van der Waals surface area (Å²) in [4.78, 5) is 0. The van der Waals surface area contributed by atoms with Crippen molar-refractivity contribution < 1.29 is 12.8 Å². The minimum atomic E-state index is -3.51. The van der Waals surface area contributed by atoms with Crippen LogP contribution in [0.25, 0.3) is 0 Å². The van der Waals surface area contributed by atoms with Gasteiger partial charge in [-0.05, 0) is 24.1 Å². The number of aryl methyl sites for hydroxylation is 1. The number of hydrogen-bond acceptors (Lipinski definition) is 4. The molecule has 114 valence electrons. The van der Waals surface area contributed by atoms with Crippen molar-refractivity contribution >= 4 is 10.0 Å². The van der Waals surface area contributed by atoms with E-state index in [9.17, 15) is 12.8 Å². The van der Waals surface area contributed by atoms with Crippen LogP contribution < -0.4 is 5.14 Å². The summed E-state index contributed by atoms with van der Waals surface area (Å²) in [5, 5.41) is 12.9. The van der Waals surface area contributed by atoms with Gasteiger partial charge in [0.05, 0.1) is 17.5 Å². The second-order valence-electron chi connectivity index (χ2n) is 4.78. The number of aromatic nitrogens is 3. The highest BCUT2D eigenvalue weighted by Gasteiger charge is 2.14. The summed E-state index contributed by atoms with van der Waals surface area (Å²) in [6.45, 7) is 1.99. The number of primary sulfonamides is 1. The monoisotopic (exact) mass is 312 g/mol. The van der Waals surface area contributed by atoms with E-state index in [2.05, 4.69) is 10.3 Å². The van der Waals surface area contributed by atoms with Crippen LogP contribution in [-0.2, 0) is 16.4 Å². The molecular formula is C13H17FN4O2S. The van der Waals surface area contributed by atoms with E-state index in [0.717, 1.165) is 12.0 Å². The van der Waals surface area contributed by atoms with Crippen molar-refractivity contribution in [3.05, 3.63) is 47.5 Å². The summed E-state index contributed by atoms with van der Waals surface area (Å²) in [5.74, 6) is -0.458. The van der Waals surface area contributed by atoms with Gasteiger partial charge in [0.2, 0.25) is 10.0 Å². The molecule has 0 amide bonds. The van der Waals surface area contributed by atoms with Crippen molar-refractivity contribution in [2.45, 2.75) is 25.8 Å². The lowest BCUT2D eigenvalue weighted by Crippen LogP contribution is -2.18. The molecule has 1 atom stereocenters. The average Bonchev–Trinajstić information content (AvgIpc) is 2.87. The maximum absolute atomic E-state index is 13.0. The zero-order chi connectivity index (χ0) is 15.5. The SMILES string of the molecule is CCC(c1ccc(F)cc1)n1cc(CCS(N)(=O)=O)nn1. The Bertz CT molecular complexity index is 697. The molecule has 0 spiro atoms. The second-order valence-corrected chi connectivity index (χ2v) is 6.52. The molecule has 1 unspecified atom stereocenters. The van der Waals surface area contributed by atoms with Crippen molar-refractivity contribution in [2.24, 2.45) is 5.14 Å². The molecule has 2 N–H and O–H groups in total. The van der Waals surface area contributed by atoms with Gasteiger partial charge in [-0.2, -0.15) is 0 Å². The number of rotatable bonds is 6. The first kappa shape index (κ1) is 15.6. The van der Waals surface area contributed by atoms with Crippen LogP contribution >= 0.6 is 0 Å². The Morgan fingerprint density at radius 1 is 1.33 bits per heavy atom. The zero-order valence-corrected chi connectivity index (χ0v) is 12.4. The fraction of sp³-hybridized carbons (Fsp3) is 0.385. The van der Waals surface area contributed by atoms with E-state index < -0.39 is 10.0 Å². The van der Waals surface area contributed by atoms with Crippen LogP contribution in [0, 0.1) is 5.82 Å². The molecule has 0 aliphatic carbocycles. The van der Waals surface area contributed by atoms with Gasteiger partial charge in [-0.3, -0.25) is 0 Å². The van der Waals surface area contributed by atoms with E-state index in [1.807, 2.05) is 6.92 Å². The lowest BCUT2D eigenvalue weighted by molar-refractivity contribution is 0.492. The van der Waals surface area contributed by atoms with Crippen LogP contribution in [-0.4, -0.2) is 29.2 Å². The lowest BCUT2D eigenvalue weighted by atomic mass is 10.0. The third kappa shape index (κ3) is 4.33.